The smallest absolute Gasteiger partial charge is 0.410 e. The molecule has 0 saturated carbocycles. The third kappa shape index (κ3) is 3.37. The van der Waals surface area contributed by atoms with E-state index in [1.54, 1.807) is 4.90 Å². The van der Waals surface area contributed by atoms with Gasteiger partial charge in [-0.15, -0.1) is 11.3 Å². The Balaban J connectivity index is 1.66. The molecule has 7 heteroatoms. The highest BCUT2D eigenvalue weighted by molar-refractivity contribution is 7.13. The van der Waals surface area contributed by atoms with Crippen LogP contribution in [0.4, 0.5) is 9.93 Å². The molecule has 2 aromatic rings. The molecule has 1 amide bonds. The minimum Gasteiger partial charge on any atom is -0.445 e. The first-order valence-corrected chi connectivity index (χ1v) is 7.88. The Labute approximate surface area is 132 Å². The number of nitrogens with zero attached hydrogens (tertiary/aromatic N) is 2. The summed E-state index contributed by atoms with van der Waals surface area (Å²) in [6.45, 7) is 1.64. The predicted octanol–water partition coefficient (Wildman–Crippen LogP) is 2.44. The lowest BCUT2D eigenvalue weighted by molar-refractivity contribution is -0.0126. The number of rotatable bonds is 3. The van der Waals surface area contributed by atoms with E-state index >= 15 is 0 Å². The fourth-order valence-corrected chi connectivity index (χ4v) is 2.93. The molecule has 3 rings (SSSR count). The van der Waals surface area contributed by atoms with E-state index in [9.17, 15) is 4.79 Å². The Morgan fingerprint density at radius 1 is 1.45 bits per heavy atom. The molecule has 2 heterocycles. The Kier molecular flexibility index (Phi) is 4.55. The molecular weight excluding hydrogens is 302 g/mol. The van der Waals surface area contributed by atoms with Crippen molar-refractivity contribution < 1.29 is 14.3 Å². The maximum absolute atomic E-state index is 12.4. The van der Waals surface area contributed by atoms with E-state index in [0.717, 1.165) is 11.3 Å². The first-order chi connectivity index (χ1) is 10.7. The van der Waals surface area contributed by atoms with Gasteiger partial charge in [0.1, 0.15) is 12.6 Å². The van der Waals surface area contributed by atoms with Crippen LogP contribution in [-0.4, -0.2) is 35.7 Å². The summed E-state index contributed by atoms with van der Waals surface area (Å²) in [5, 5.41) is 2.34. The fourth-order valence-electron chi connectivity index (χ4n) is 2.32. The van der Waals surface area contributed by atoms with Crippen molar-refractivity contribution in [1.82, 2.24) is 9.88 Å². The molecule has 1 saturated heterocycles. The lowest BCUT2D eigenvalue weighted by Gasteiger charge is -2.33. The topological polar surface area (TPSA) is 77.7 Å². The molecule has 1 aliphatic heterocycles. The number of carbonyl (C=O) groups excluding carboxylic acids is 1. The van der Waals surface area contributed by atoms with Crippen LogP contribution in [0.25, 0.3) is 0 Å². The van der Waals surface area contributed by atoms with Crippen LogP contribution in [0.5, 0.6) is 0 Å². The Bertz CT molecular complexity index is 632. The summed E-state index contributed by atoms with van der Waals surface area (Å²) in [5.41, 5.74) is 7.38. The molecule has 1 aromatic carbocycles. The second kappa shape index (κ2) is 6.76. The van der Waals surface area contributed by atoms with E-state index in [1.165, 1.54) is 11.3 Å². The number of amides is 1. The van der Waals surface area contributed by atoms with Gasteiger partial charge in [-0.2, -0.15) is 0 Å². The van der Waals surface area contributed by atoms with Crippen molar-refractivity contribution in [1.29, 1.82) is 0 Å². The van der Waals surface area contributed by atoms with E-state index < -0.39 is 0 Å². The lowest BCUT2D eigenvalue weighted by atomic mass is 10.2. The number of nitrogens with two attached hydrogens (primary N) is 1. The lowest BCUT2D eigenvalue weighted by Crippen LogP contribution is -2.43. The summed E-state index contributed by atoms with van der Waals surface area (Å²) >= 11 is 1.35. The van der Waals surface area contributed by atoms with Gasteiger partial charge in [0.25, 0.3) is 0 Å². The number of nitrogen functional groups attached to an aromatic ring is 1. The highest BCUT2D eigenvalue weighted by Gasteiger charge is 2.31. The van der Waals surface area contributed by atoms with Crippen LogP contribution in [0.3, 0.4) is 0 Å². The number of morpholine rings is 1. The molecule has 0 aliphatic carbocycles. The summed E-state index contributed by atoms with van der Waals surface area (Å²) in [6.07, 6.45) is -0.358. The van der Waals surface area contributed by atoms with Crippen molar-refractivity contribution in [3.63, 3.8) is 0 Å². The maximum atomic E-state index is 12.4. The molecule has 1 unspecified atom stereocenters. The van der Waals surface area contributed by atoms with Gasteiger partial charge in [-0.25, -0.2) is 9.78 Å². The van der Waals surface area contributed by atoms with Crippen LogP contribution in [0, 0.1) is 0 Å². The van der Waals surface area contributed by atoms with Gasteiger partial charge in [0.15, 0.2) is 5.13 Å². The number of anilines is 1. The second-order valence-electron chi connectivity index (χ2n) is 4.93. The Morgan fingerprint density at radius 2 is 2.27 bits per heavy atom. The number of hydrogen-bond donors (Lipinski definition) is 1. The SMILES string of the molecule is Nc1nc(C2COCCN2C(=O)OCc2ccccc2)cs1. The minimum absolute atomic E-state index is 0.245. The van der Waals surface area contributed by atoms with Crippen molar-refractivity contribution in [3.05, 3.63) is 47.0 Å². The third-order valence-corrected chi connectivity index (χ3v) is 4.14. The highest BCUT2D eigenvalue weighted by Crippen LogP contribution is 2.27. The molecule has 0 spiro atoms. The van der Waals surface area contributed by atoms with Crippen molar-refractivity contribution in [2.45, 2.75) is 12.6 Å². The van der Waals surface area contributed by atoms with Crippen molar-refractivity contribution in [2.75, 3.05) is 25.5 Å². The second-order valence-corrected chi connectivity index (χ2v) is 5.82. The van der Waals surface area contributed by atoms with Crippen LogP contribution < -0.4 is 5.73 Å². The number of thiazole rings is 1. The average molecular weight is 319 g/mol. The molecule has 1 aliphatic rings. The molecule has 1 fully saturated rings. The van der Waals surface area contributed by atoms with Gasteiger partial charge in [-0.1, -0.05) is 30.3 Å². The van der Waals surface area contributed by atoms with E-state index in [0.29, 0.717) is 24.9 Å². The highest BCUT2D eigenvalue weighted by atomic mass is 32.1. The van der Waals surface area contributed by atoms with Crippen molar-refractivity contribution in [2.24, 2.45) is 0 Å². The summed E-state index contributed by atoms with van der Waals surface area (Å²) in [5.74, 6) is 0. The average Bonchev–Trinajstić information content (AvgIpc) is 3.00. The monoisotopic (exact) mass is 319 g/mol. The van der Waals surface area contributed by atoms with E-state index in [-0.39, 0.29) is 18.7 Å². The number of carbonyl (C=O) groups is 1. The zero-order valence-electron chi connectivity index (χ0n) is 12.0. The van der Waals surface area contributed by atoms with Crippen LogP contribution in [-0.2, 0) is 16.1 Å². The quantitative estimate of drug-likeness (QED) is 0.940. The van der Waals surface area contributed by atoms with Crippen LogP contribution in [0.2, 0.25) is 0 Å². The summed E-state index contributed by atoms with van der Waals surface area (Å²) in [7, 11) is 0. The van der Waals surface area contributed by atoms with Crippen molar-refractivity contribution >= 4 is 22.6 Å². The van der Waals surface area contributed by atoms with Gasteiger partial charge in [0.05, 0.1) is 18.9 Å². The van der Waals surface area contributed by atoms with Crippen LogP contribution >= 0.6 is 11.3 Å². The molecule has 1 atom stereocenters. The normalized spacial score (nSPS) is 18.2. The van der Waals surface area contributed by atoms with Gasteiger partial charge in [0, 0.05) is 11.9 Å². The molecule has 22 heavy (non-hydrogen) atoms. The number of benzene rings is 1. The summed E-state index contributed by atoms with van der Waals surface area (Å²) in [4.78, 5) is 18.3. The van der Waals surface area contributed by atoms with Gasteiger partial charge >= 0.3 is 6.09 Å². The van der Waals surface area contributed by atoms with Gasteiger partial charge in [0.2, 0.25) is 0 Å². The first kappa shape index (κ1) is 14.8. The third-order valence-electron chi connectivity index (χ3n) is 3.45. The zero-order valence-corrected chi connectivity index (χ0v) is 12.8. The molecule has 6 nitrogen and oxygen atoms in total. The molecule has 1 aromatic heterocycles. The number of aromatic nitrogens is 1. The Hall–Kier alpha value is -2.12. The van der Waals surface area contributed by atoms with E-state index in [4.69, 9.17) is 15.2 Å². The Morgan fingerprint density at radius 3 is 3.00 bits per heavy atom. The van der Waals surface area contributed by atoms with Crippen LogP contribution in [0.15, 0.2) is 35.7 Å². The van der Waals surface area contributed by atoms with E-state index in [1.807, 2.05) is 35.7 Å². The molecule has 116 valence electrons. The number of ether oxygens (including phenoxy) is 2. The summed E-state index contributed by atoms with van der Waals surface area (Å²) < 4.78 is 10.9. The summed E-state index contributed by atoms with van der Waals surface area (Å²) in [6, 6.07) is 9.36. The van der Waals surface area contributed by atoms with Crippen LogP contribution in [0.1, 0.15) is 17.3 Å². The number of hydrogen-bond acceptors (Lipinski definition) is 6. The first-order valence-electron chi connectivity index (χ1n) is 7.00. The van der Waals surface area contributed by atoms with Gasteiger partial charge in [-0.05, 0) is 5.56 Å². The molecule has 2 N–H and O–H groups in total. The molecular formula is C15H17N3O3S. The molecule has 0 radical (unpaired) electrons. The minimum atomic E-state index is -0.358. The van der Waals surface area contributed by atoms with Gasteiger partial charge < -0.3 is 15.2 Å². The predicted molar refractivity (Wildman–Crippen MR) is 83.4 cm³/mol. The van der Waals surface area contributed by atoms with E-state index in [2.05, 4.69) is 4.98 Å². The largest absolute Gasteiger partial charge is 0.445 e. The fraction of sp³-hybridized carbons (Fsp3) is 0.333. The zero-order chi connectivity index (χ0) is 15.4. The standard InChI is InChI=1S/C15H17N3O3S/c16-14-17-12(10-22-14)13-9-20-7-6-18(13)15(19)21-8-11-4-2-1-3-5-11/h1-5,10,13H,6-9H2,(H2,16,17). The maximum Gasteiger partial charge on any atom is 0.410 e. The van der Waals surface area contributed by atoms with Crippen molar-refractivity contribution in [3.8, 4) is 0 Å². The van der Waals surface area contributed by atoms with Gasteiger partial charge in [-0.3, -0.25) is 4.90 Å². The molecule has 0 bridgehead atoms.